The number of aryl methyl sites for hydroxylation is 1. The van der Waals surface area contributed by atoms with Gasteiger partial charge < -0.3 is 15.9 Å². The van der Waals surface area contributed by atoms with Crippen LogP contribution in [0.25, 0.3) is 0 Å². The molecule has 0 saturated carbocycles. The summed E-state index contributed by atoms with van der Waals surface area (Å²) in [4.78, 5) is 0. The first-order chi connectivity index (χ1) is 6.77. The second kappa shape index (κ2) is 5.75. The van der Waals surface area contributed by atoms with Gasteiger partial charge in [-0.3, -0.25) is 0 Å². The number of nitrogens with two attached hydrogens (primary N) is 1. The molecule has 1 atom stereocenters. The summed E-state index contributed by atoms with van der Waals surface area (Å²) in [6.07, 6.45) is 1.08. The number of hydrogen-bond acceptors (Lipinski definition) is 3. The zero-order valence-corrected chi connectivity index (χ0v) is 8.19. The van der Waals surface area contributed by atoms with Crippen molar-refractivity contribution in [1.82, 2.24) is 0 Å². The maximum atomic E-state index is 9.43. The Morgan fingerprint density at radius 1 is 1.21 bits per heavy atom. The lowest BCUT2D eigenvalue weighted by Crippen LogP contribution is -2.11. The SMILES string of the molecule is NCC(O)c1ccc(CCCO)cc1. The lowest BCUT2D eigenvalue weighted by atomic mass is 10.0. The molecule has 0 bridgehead atoms. The molecule has 0 spiro atoms. The van der Waals surface area contributed by atoms with E-state index in [1.807, 2.05) is 24.3 Å². The molecule has 1 rings (SSSR count). The Hall–Kier alpha value is -0.900. The summed E-state index contributed by atoms with van der Waals surface area (Å²) in [5.41, 5.74) is 7.36. The number of aliphatic hydroxyl groups is 2. The molecule has 1 unspecified atom stereocenters. The van der Waals surface area contributed by atoms with Crippen LogP contribution in [-0.4, -0.2) is 23.4 Å². The van der Waals surface area contributed by atoms with Crippen LogP contribution >= 0.6 is 0 Å². The molecule has 0 aromatic heterocycles. The first-order valence-electron chi connectivity index (χ1n) is 4.85. The first kappa shape index (κ1) is 11.2. The zero-order chi connectivity index (χ0) is 10.4. The molecule has 14 heavy (non-hydrogen) atoms. The number of rotatable bonds is 5. The van der Waals surface area contributed by atoms with Crippen molar-refractivity contribution in [2.24, 2.45) is 5.73 Å². The Morgan fingerprint density at radius 3 is 2.36 bits per heavy atom. The van der Waals surface area contributed by atoms with Crippen molar-refractivity contribution in [2.45, 2.75) is 18.9 Å². The monoisotopic (exact) mass is 195 g/mol. The molecule has 78 valence electrons. The van der Waals surface area contributed by atoms with Crippen LogP contribution < -0.4 is 5.73 Å². The number of hydrogen-bond donors (Lipinski definition) is 3. The van der Waals surface area contributed by atoms with E-state index in [4.69, 9.17) is 10.8 Å². The predicted octanol–water partition coefficient (Wildman–Crippen LogP) is 0.604. The maximum Gasteiger partial charge on any atom is 0.0912 e. The van der Waals surface area contributed by atoms with Gasteiger partial charge in [-0.05, 0) is 24.0 Å². The van der Waals surface area contributed by atoms with E-state index in [0.29, 0.717) is 0 Å². The average molecular weight is 195 g/mol. The van der Waals surface area contributed by atoms with Gasteiger partial charge in [0.25, 0.3) is 0 Å². The first-order valence-corrected chi connectivity index (χ1v) is 4.85. The number of aliphatic hydroxyl groups excluding tert-OH is 2. The van der Waals surface area contributed by atoms with E-state index in [9.17, 15) is 5.11 Å². The Kier molecular flexibility index (Phi) is 4.59. The van der Waals surface area contributed by atoms with E-state index < -0.39 is 6.10 Å². The predicted molar refractivity (Wildman–Crippen MR) is 55.9 cm³/mol. The standard InChI is InChI=1S/C11H17NO2/c12-8-11(14)10-5-3-9(4-6-10)2-1-7-13/h3-6,11,13-14H,1-2,7-8,12H2. The Bertz CT molecular complexity index is 258. The third-order valence-electron chi connectivity index (χ3n) is 2.21. The second-order valence-electron chi connectivity index (χ2n) is 3.32. The van der Waals surface area contributed by atoms with Crippen molar-refractivity contribution in [3.05, 3.63) is 35.4 Å². The third-order valence-corrected chi connectivity index (χ3v) is 2.21. The van der Waals surface area contributed by atoms with Crippen LogP contribution in [0.3, 0.4) is 0 Å². The van der Waals surface area contributed by atoms with Crippen LogP contribution in [0, 0.1) is 0 Å². The second-order valence-corrected chi connectivity index (χ2v) is 3.32. The van der Waals surface area contributed by atoms with Gasteiger partial charge in [-0.1, -0.05) is 24.3 Å². The van der Waals surface area contributed by atoms with Gasteiger partial charge in [-0.15, -0.1) is 0 Å². The molecule has 3 nitrogen and oxygen atoms in total. The third kappa shape index (κ3) is 3.10. The summed E-state index contributed by atoms with van der Waals surface area (Å²) in [6, 6.07) is 7.68. The number of benzene rings is 1. The van der Waals surface area contributed by atoms with E-state index >= 15 is 0 Å². The van der Waals surface area contributed by atoms with E-state index in [0.717, 1.165) is 18.4 Å². The molecule has 0 aliphatic carbocycles. The van der Waals surface area contributed by atoms with E-state index in [2.05, 4.69) is 0 Å². The smallest absolute Gasteiger partial charge is 0.0912 e. The molecule has 0 heterocycles. The van der Waals surface area contributed by atoms with Crippen LogP contribution in [0.15, 0.2) is 24.3 Å². The van der Waals surface area contributed by atoms with Gasteiger partial charge in [0.2, 0.25) is 0 Å². The van der Waals surface area contributed by atoms with Crippen molar-refractivity contribution in [2.75, 3.05) is 13.2 Å². The molecule has 0 fully saturated rings. The van der Waals surface area contributed by atoms with Crippen molar-refractivity contribution < 1.29 is 10.2 Å². The normalized spacial score (nSPS) is 12.8. The van der Waals surface area contributed by atoms with E-state index in [1.165, 1.54) is 5.56 Å². The van der Waals surface area contributed by atoms with Crippen LogP contribution in [0.5, 0.6) is 0 Å². The fourth-order valence-electron chi connectivity index (χ4n) is 1.33. The largest absolute Gasteiger partial charge is 0.396 e. The van der Waals surface area contributed by atoms with Crippen LogP contribution in [0.1, 0.15) is 23.7 Å². The highest BCUT2D eigenvalue weighted by atomic mass is 16.3. The van der Waals surface area contributed by atoms with E-state index in [-0.39, 0.29) is 13.2 Å². The van der Waals surface area contributed by atoms with Crippen LogP contribution in [-0.2, 0) is 6.42 Å². The Balaban J connectivity index is 2.59. The lowest BCUT2D eigenvalue weighted by Gasteiger charge is -2.08. The molecular formula is C11H17NO2. The molecule has 0 aliphatic heterocycles. The molecule has 1 aromatic carbocycles. The molecular weight excluding hydrogens is 178 g/mol. The van der Waals surface area contributed by atoms with E-state index in [1.54, 1.807) is 0 Å². The van der Waals surface area contributed by atoms with Gasteiger partial charge in [-0.2, -0.15) is 0 Å². The Labute approximate surface area is 84.2 Å². The lowest BCUT2D eigenvalue weighted by molar-refractivity contribution is 0.186. The summed E-state index contributed by atoms with van der Waals surface area (Å²) >= 11 is 0. The minimum atomic E-state index is -0.568. The van der Waals surface area contributed by atoms with Crippen molar-refractivity contribution in [3.8, 4) is 0 Å². The minimum Gasteiger partial charge on any atom is -0.396 e. The van der Waals surface area contributed by atoms with Crippen molar-refractivity contribution in [3.63, 3.8) is 0 Å². The van der Waals surface area contributed by atoms with Crippen LogP contribution in [0.4, 0.5) is 0 Å². The fourth-order valence-corrected chi connectivity index (χ4v) is 1.33. The van der Waals surface area contributed by atoms with Gasteiger partial charge >= 0.3 is 0 Å². The topological polar surface area (TPSA) is 66.5 Å². The highest BCUT2D eigenvalue weighted by Crippen LogP contribution is 2.13. The van der Waals surface area contributed by atoms with Gasteiger partial charge in [0.15, 0.2) is 0 Å². The molecule has 4 N–H and O–H groups in total. The quantitative estimate of drug-likeness (QED) is 0.644. The molecule has 0 aliphatic rings. The molecule has 3 heteroatoms. The summed E-state index contributed by atoms with van der Waals surface area (Å²) in [7, 11) is 0. The van der Waals surface area contributed by atoms with Crippen molar-refractivity contribution >= 4 is 0 Å². The van der Waals surface area contributed by atoms with Gasteiger partial charge in [0, 0.05) is 13.2 Å². The minimum absolute atomic E-state index is 0.215. The molecule has 0 radical (unpaired) electrons. The van der Waals surface area contributed by atoms with Gasteiger partial charge in [-0.25, -0.2) is 0 Å². The summed E-state index contributed by atoms with van der Waals surface area (Å²) < 4.78 is 0. The molecule has 1 aromatic rings. The molecule has 0 saturated heterocycles. The highest BCUT2D eigenvalue weighted by Gasteiger charge is 2.03. The van der Waals surface area contributed by atoms with Crippen molar-refractivity contribution in [1.29, 1.82) is 0 Å². The van der Waals surface area contributed by atoms with Crippen LogP contribution in [0.2, 0.25) is 0 Å². The maximum absolute atomic E-state index is 9.43. The summed E-state index contributed by atoms with van der Waals surface area (Å²) in [5, 5.41) is 18.1. The van der Waals surface area contributed by atoms with Gasteiger partial charge in [0.05, 0.1) is 6.10 Å². The Morgan fingerprint density at radius 2 is 1.86 bits per heavy atom. The fraction of sp³-hybridized carbons (Fsp3) is 0.455. The van der Waals surface area contributed by atoms with Gasteiger partial charge in [0.1, 0.15) is 0 Å². The molecule has 0 amide bonds. The highest BCUT2D eigenvalue weighted by molar-refractivity contribution is 5.24. The summed E-state index contributed by atoms with van der Waals surface area (Å²) in [5.74, 6) is 0. The summed E-state index contributed by atoms with van der Waals surface area (Å²) in [6.45, 7) is 0.461. The zero-order valence-electron chi connectivity index (χ0n) is 8.19. The average Bonchev–Trinajstić information content (AvgIpc) is 2.26.